The summed E-state index contributed by atoms with van der Waals surface area (Å²) in [4.78, 5) is 2.32. The van der Waals surface area contributed by atoms with Crippen LogP contribution >= 0.6 is 0 Å². The standard InChI is InChI=1S/C66H51N.6C2H6/c1-7-25-55(26-8-1)64(56-27-9-2-10-28-56)37-19-22-52-40-46-61(47-41-52)67(62-48-42-53(43-49-62)23-20-38-65(57-29-11-3-12-30-57)58-31-13-4-14-32-58)63-50-44-54(45-51-63)24-21-39-66(59-33-15-5-16-34-59)60-35-17-6-18-36-60;6*1-2/h1-51H;6*1-2H3. The predicted octanol–water partition coefficient (Wildman–Crippen LogP) is 23.7. The largest absolute Gasteiger partial charge is 0.311 e. The SMILES string of the molecule is C(=Cc1ccc(N(c2ccc(C=CC=C(c3ccccc3)c3ccccc3)cc2)c2ccc(C=CC=C(c3ccccc3)c3ccccc3)cc2)cc1)C=C(c1ccccc1)c1ccccc1.CC.CC.CC.CC.CC.CC. The lowest BCUT2D eigenvalue weighted by Crippen LogP contribution is -2.09. The molecule has 0 N–H and O–H groups in total. The van der Waals surface area contributed by atoms with Crippen molar-refractivity contribution in [2.45, 2.75) is 83.1 Å². The maximum Gasteiger partial charge on any atom is 0.0462 e. The van der Waals surface area contributed by atoms with Gasteiger partial charge in [-0.15, -0.1) is 0 Å². The Morgan fingerprint density at radius 3 is 0.544 bits per heavy atom. The van der Waals surface area contributed by atoms with Gasteiger partial charge in [-0.05, 0) is 103 Å². The van der Waals surface area contributed by atoms with Crippen molar-refractivity contribution in [3.63, 3.8) is 0 Å². The third-order valence-corrected chi connectivity index (χ3v) is 11.6. The second kappa shape index (κ2) is 39.6. The van der Waals surface area contributed by atoms with Gasteiger partial charge in [0.05, 0.1) is 0 Å². The van der Waals surface area contributed by atoms with E-state index in [1.165, 1.54) is 50.1 Å². The second-order valence-corrected chi connectivity index (χ2v) is 16.1. The Morgan fingerprint density at radius 2 is 0.380 bits per heavy atom. The van der Waals surface area contributed by atoms with Gasteiger partial charge in [-0.2, -0.15) is 0 Å². The first kappa shape index (κ1) is 64.5. The van der Waals surface area contributed by atoms with Crippen molar-refractivity contribution in [3.05, 3.63) is 341 Å². The van der Waals surface area contributed by atoms with Crippen molar-refractivity contribution < 1.29 is 0 Å². The molecule has 0 amide bonds. The fourth-order valence-corrected chi connectivity index (χ4v) is 8.20. The zero-order chi connectivity index (χ0) is 57.3. The van der Waals surface area contributed by atoms with Gasteiger partial charge in [0, 0.05) is 17.1 Å². The predicted molar refractivity (Wildman–Crippen MR) is 356 cm³/mol. The van der Waals surface area contributed by atoms with Crippen LogP contribution in [-0.2, 0) is 0 Å². The monoisotopic (exact) mass is 1040 g/mol. The third kappa shape index (κ3) is 20.6. The van der Waals surface area contributed by atoms with Gasteiger partial charge in [-0.1, -0.05) is 356 Å². The minimum absolute atomic E-state index is 1.07. The molecule has 79 heavy (non-hydrogen) atoms. The van der Waals surface area contributed by atoms with Gasteiger partial charge in [0.15, 0.2) is 0 Å². The Morgan fingerprint density at radius 1 is 0.215 bits per heavy atom. The molecule has 0 fully saturated rings. The summed E-state index contributed by atoms with van der Waals surface area (Å²) < 4.78 is 0. The molecule has 0 aliphatic rings. The molecular weight excluding hydrogens is 951 g/mol. The molecule has 0 spiro atoms. The summed E-state index contributed by atoms with van der Waals surface area (Å²) in [5.74, 6) is 0. The molecule has 404 valence electrons. The number of hydrogen-bond acceptors (Lipinski definition) is 1. The van der Waals surface area contributed by atoms with Crippen molar-refractivity contribution in [2.24, 2.45) is 0 Å². The van der Waals surface area contributed by atoms with E-state index >= 15 is 0 Å². The van der Waals surface area contributed by atoms with E-state index in [1.54, 1.807) is 0 Å². The summed E-state index contributed by atoms with van der Waals surface area (Å²) in [7, 11) is 0. The Hall–Kier alpha value is -8.78. The number of benzene rings is 9. The van der Waals surface area contributed by atoms with Crippen LogP contribution in [0.25, 0.3) is 34.9 Å². The lowest BCUT2D eigenvalue weighted by atomic mass is 9.97. The molecule has 0 bridgehead atoms. The van der Waals surface area contributed by atoms with E-state index in [-0.39, 0.29) is 0 Å². The molecule has 0 saturated heterocycles. The highest BCUT2D eigenvalue weighted by atomic mass is 15.1. The lowest BCUT2D eigenvalue weighted by Gasteiger charge is -2.26. The van der Waals surface area contributed by atoms with Crippen LogP contribution in [-0.4, -0.2) is 0 Å². The Kier molecular flexibility index (Phi) is 32.3. The lowest BCUT2D eigenvalue weighted by molar-refractivity contribution is 1.28. The molecular formula is C78H87N. The number of allylic oxidation sites excluding steroid dienone is 6. The molecule has 0 radical (unpaired) electrons. The van der Waals surface area contributed by atoms with Gasteiger partial charge in [0.2, 0.25) is 0 Å². The van der Waals surface area contributed by atoms with Gasteiger partial charge >= 0.3 is 0 Å². The molecule has 1 heteroatoms. The van der Waals surface area contributed by atoms with Crippen LogP contribution in [0.15, 0.2) is 291 Å². The van der Waals surface area contributed by atoms with Crippen LogP contribution < -0.4 is 4.90 Å². The smallest absolute Gasteiger partial charge is 0.0462 e. The van der Waals surface area contributed by atoms with Crippen molar-refractivity contribution in [1.82, 2.24) is 0 Å². The van der Waals surface area contributed by atoms with Crippen LogP contribution in [0.5, 0.6) is 0 Å². The highest BCUT2D eigenvalue weighted by Crippen LogP contribution is 2.36. The highest BCUT2D eigenvalue weighted by Gasteiger charge is 2.13. The molecule has 0 aliphatic heterocycles. The summed E-state index contributed by atoms with van der Waals surface area (Å²) in [6.07, 6.45) is 19.6. The summed E-state index contributed by atoms with van der Waals surface area (Å²) in [6, 6.07) is 89.8. The van der Waals surface area contributed by atoms with Crippen molar-refractivity contribution in [1.29, 1.82) is 0 Å². The summed E-state index contributed by atoms with van der Waals surface area (Å²) >= 11 is 0. The van der Waals surface area contributed by atoms with E-state index in [4.69, 9.17) is 0 Å². The number of anilines is 3. The Bertz CT molecular complexity index is 2650. The summed E-state index contributed by atoms with van der Waals surface area (Å²) in [5, 5.41) is 0. The minimum Gasteiger partial charge on any atom is -0.311 e. The number of hydrogen-bond donors (Lipinski definition) is 0. The number of nitrogens with zero attached hydrogens (tertiary/aromatic N) is 1. The van der Waals surface area contributed by atoms with E-state index < -0.39 is 0 Å². The fraction of sp³-hybridized carbons (Fsp3) is 0.154. The van der Waals surface area contributed by atoms with Crippen LogP contribution in [0.3, 0.4) is 0 Å². The first-order valence-corrected chi connectivity index (χ1v) is 28.8. The molecule has 0 aromatic heterocycles. The average molecular weight is 1040 g/mol. The van der Waals surface area contributed by atoms with E-state index in [0.717, 1.165) is 33.8 Å². The van der Waals surface area contributed by atoms with Gasteiger partial charge in [-0.3, -0.25) is 0 Å². The van der Waals surface area contributed by atoms with Crippen LogP contribution in [0, 0.1) is 0 Å². The maximum absolute atomic E-state index is 2.32. The highest BCUT2D eigenvalue weighted by molar-refractivity contribution is 5.84. The zero-order valence-corrected chi connectivity index (χ0v) is 49.4. The van der Waals surface area contributed by atoms with Crippen molar-refractivity contribution in [2.75, 3.05) is 4.90 Å². The second-order valence-electron chi connectivity index (χ2n) is 16.1. The summed E-state index contributed by atoms with van der Waals surface area (Å²) in [6.45, 7) is 24.0. The quantitative estimate of drug-likeness (QED) is 0.0925. The zero-order valence-electron chi connectivity index (χ0n) is 49.4. The topological polar surface area (TPSA) is 3.24 Å². The van der Waals surface area contributed by atoms with Crippen molar-refractivity contribution in [3.8, 4) is 0 Å². The first-order chi connectivity index (χ1) is 39.2. The third-order valence-electron chi connectivity index (χ3n) is 11.6. The van der Waals surface area contributed by atoms with E-state index in [2.05, 4.69) is 314 Å². The molecule has 9 aromatic carbocycles. The normalized spacial score (nSPS) is 9.87. The maximum atomic E-state index is 2.32. The molecule has 0 atom stereocenters. The molecule has 0 aliphatic carbocycles. The van der Waals surface area contributed by atoms with Gasteiger partial charge in [0.1, 0.15) is 0 Å². The summed E-state index contributed by atoms with van der Waals surface area (Å²) in [5.41, 5.74) is 17.3. The van der Waals surface area contributed by atoms with Crippen LogP contribution in [0.1, 0.15) is 133 Å². The number of rotatable bonds is 15. The van der Waals surface area contributed by atoms with Crippen molar-refractivity contribution >= 4 is 52.0 Å². The Labute approximate surface area is 478 Å². The van der Waals surface area contributed by atoms with Gasteiger partial charge < -0.3 is 4.90 Å². The fourth-order valence-electron chi connectivity index (χ4n) is 8.20. The molecule has 0 saturated carbocycles. The van der Waals surface area contributed by atoms with Crippen LogP contribution in [0.2, 0.25) is 0 Å². The molecule has 1 nitrogen and oxygen atoms in total. The van der Waals surface area contributed by atoms with Crippen LogP contribution in [0.4, 0.5) is 17.1 Å². The van der Waals surface area contributed by atoms with Gasteiger partial charge in [-0.25, -0.2) is 0 Å². The molecule has 0 heterocycles. The Balaban J connectivity index is 0.00000128. The minimum atomic E-state index is 1.07. The van der Waals surface area contributed by atoms with E-state index in [1.807, 2.05) is 83.1 Å². The van der Waals surface area contributed by atoms with E-state index in [9.17, 15) is 0 Å². The molecule has 0 unspecified atom stereocenters. The average Bonchev–Trinajstić information content (AvgIpc) is 3.56. The van der Waals surface area contributed by atoms with Gasteiger partial charge in [0.25, 0.3) is 0 Å². The van der Waals surface area contributed by atoms with E-state index in [0.29, 0.717) is 0 Å². The first-order valence-electron chi connectivity index (χ1n) is 28.8. The molecule has 9 aromatic rings. The molecule has 9 rings (SSSR count).